The second-order valence-corrected chi connectivity index (χ2v) is 5.09. The van der Waals surface area contributed by atoms with Gasteiger partial charge in [-0.05, 0) is 10.8 Å². The largest absolute Gasteiger partial charge is 0.347 e. The molecule has 13 heavy (non-hydrogen) atoms. The molecule has 0 aliphatic carbocycles. The molecule has 0 aliphatic heterocycles. The second-order valence-electron chi connectivity index (χ2n) is 5.09. The van der Waals surface area contributed by atoms with Crippen LogP contribution in [0.4, 0.5) is 4.39 Å². The topological polar surface area (TPSA) is 35.2 Å². The molecule has 0 radical (unpaired) electrons. The van der Waals surface area contributed by atoms with Crippen molar-refractivity contribution in [2.45, 2.75) is 41.0 Å². The minimum absolute atomic E-state index is 0.0491. The molecule has 0 aromatic heterocycles. The Morgan fingerprint density at radius 2 is 1.69 bits per heavy atom. The summed E-state index contributed by atoms with van der Waals surface area (Å²) in [5.74, 6) is 0. The Hall–Kier alpha value is -0.150. The Morgan fingerprint density at radius 3 is 2.00 bits per heavy atom. The van der Waals surface area contributed by atoms with Gasteiger partial charge in [0.15, 0.2) is 0 Å². The van der Waals surface area contributed by atoms with E-state index in [0.717, 1.165) is 0 Å². The first-order valence-corrected chi connectivity index (χ1v) is 4.66. The zero-order chi connectivity index (χ0) is 10.7. The van der Waals surface area contributed by atoms with Gasteiger partial charge in [-0.15, -0.1) is 0 Å². The monoisotopic (exact) mass is 191 g/mol. The fourth-order valence-electron chi connectivity index (χ4n) is 0.583. The van der Waals surface area contributed by atoms with Crippen molar-refractivity contribution in [1.82, 2.24) is 0 Å². The minimum Gasteiger partial charge on any atom is -0.347 e. The molecule has 0 aromatic carbocycles. The average molecular weight is 191 g/mol. The van der Waals surface area contributed by atoms with Crippen LogP contribution in [0.1, 0.15) is 34.6 Å². The second kappa shape index (κ2) is 4.38. The van der Waals surface area contributed by atoms with Crippen LogP contribution in [-0.2, 0) is 4.74 Å². The zero-order valence-electron chi connectivity index (χ0n) is 9.36. The van der Waals surface area contributed by atoms with Gasteiger partial charge in [0.2, 0.25) is 6.36 Å². The van der Waals surface area contributed by atoms with Gasteiger partial charge in [0.1, 0.15) is 0 Å². The molecule has 1 atom stereocenters. The molecule has 2 N–H and O–H groups in total. The SMILES string of the molecule is CC(C)(C)C(C)(C)COC(F)CN. The van der Waals surface area contributed by atoms with Crippen molar-refractivity contribution < 1.29 is 9.13 Å². The lowest BCUT2D eigenvalue weighted by Crippen LogP contribution is -2.36. The lowest BCUT2D eigenvalue weighted by Gasteiger charge is -2.38. The van der Waals surface area contributed by atoms with Crippen molar-refractivity contribution in [1.29, 1.82) is 0 Å². The third-order valence-electron chi connectivity index (χ3n) is 2.84. The average Bonchev–Trinajstić information content (AvgIpc) is 1.98. The van der Waals surface area contributed by atoms with Crippen LogP contribution >= 0.6 is 0 Å². The van der Waals surface area contributed by atoms with Gasteiger partial charge in [0.05, 0.1) is 6.61 Å². The molecule has 80 valence electrons. The van der Waals surface area contributed by atoms with Crippen LogP contribution in [0, 0.1) is 10.8 Å². The molecule has 1 unspecified atom stereocenters. The van der Waals surface area contributed by atoms with Crippen LogP contribution < -0.4 is 5.73 Å². The van der Waals surface area contributed by atoms with Gasteiger partial charge in [-0.25, -0.2) is 4.39 Å². The maximum atomic E-state index is 12.7. The quantitative estimate of drug-likeness (QED) is 0.740. The van der Waals surface area contributed by atoms with E-state index in [-0.39, 0.29) is 17.4 Å². The number of halogens is 1. The number of hydrogen-bond donors (Lipinski definition) is 1. The highest BCUT2D eigenvalue weighted by molar-refractivity contribution is 4.82. The van der Waals surface area contributed by atoms with Crippen molar-refractivity contribution in [3.8, 4) is 0 Å². The van der Waals surface area contributed by atoms with E-state index in [1.165, 1.54) is 0 Å². The molecule has 0 saturated heterocycles. The Balaban J connectivity index is 4.04. The number of rotatable bonds is 4. The molecular weight excluding hydrogens is 169 g/mol. The molecule has 2 nitrogen and oxygen atoms in total. The molecule has 0 fully saturated rings. The van der Waals surface area contributed by atoms with E-state index < -0.39 is 6.36 Å². The fourth-order valence-corrected chi connectivity index (χ4v) is 0.583. The minimum atomic E-state index is -1.33. The van der Waals surface area contributed by atoms with E-state index in [4.69, 9.17) is 10.5 Å². The van der Waals surface area contributed by atoms with Gasteiger partial charge in [-0.1, -0.05) is 34.6 Å². The smallest absolute Gasteiger partial charge is 0.211 e. The summed E-state index contributed by atoms with van der Waals surface area (Å²) in [4.78, 5) is 0. The van der Waals surface area contributed by atoms with Crippen LogP contribution in [0.25, 0.3) is 0 Å². The highest BCUT2D eigenvalue weighted by Crippen LogP contribution is 2.38. The van der Waals surface area contributed by atoms with Crippen LogP contribution in [0.15, 0.2) is 0 Å². The van der Waals surface area contributed by atoms with E-state index in [1.54, 1.807) is 0 Å². The van der Waals surface area contributed by atoms with E-state index in [9.17, 15) is 4.39 Å². The van der Waals surface area contributed by atoms with Gasteiger partial charge in [-0.2, -0.15) is 0 Å². The first kappa shape index (κ1) is 12.8. The summed E-state index contributed by atoms with van der Waals surface area (Å²) in [6.45, 7) is 10.8. The Kier molecular flexibility index (Phi) is 4.33. The predicted molar refractivity (Wildman–Crippen MR) is 53.1 cm³/mol. The highest BCUT2D eigenvalue weighted by atomic mass is 19.1. The summed E-state index contributed by atoms with van der Waals surface area (Å²) in [5, 5.41) is 0. The lowest BCUT2D eigenvalue weighted by atomic mass is 9.70. The van der Waals surface area contributed by atoms with Crippen molar-refractivity contribution in [3.05, 3.63) is 0 Å². The first-order chi connectivity index (χ1) is 5.70. The maximum Gasteiger partial charge on any atom is 0.211 e. The Morgan fingerprint density at radius 1 is 1.23 bits per heavy atom. The van der Waals surface area contributed by atoms with Crippen molar-refractivity contribution in [2.24, 2.45) is 16.6 Å². The summed E-state index contributed by atoms with van der Waals surface area (Å²) >= 11 is 0. The molecule has 0 spiro atoms. The van der Waals surface area contributed by atoms with E-state index >= 15 is 0 Å². The molecule has 3 heteroatoms. The molecule has 0 bridgehead atoms. The first-order valence-electron chi connectivity index (χ1n) is 4.66. The summed E-state index contributed by atoms with van der Waals surface area (Å²) in [6, 6.07) is 0. The summed E-state index contributed by atoms with van der Waals surface area (Å²) in [7, 11) is 0. The zero-order valence-corrected chi connectivity index (χ0v) is 9.36. The highest BCUT2D eigenvalue weighted by Gasteiger charge is 2.33. The maximum absolute atomic E-state index is 12.7. The third-order valence-corrected chi connectivity index (χ3v) is 2.84. The van der Waals surface area contributed by atoms with Crippen molar-refractivity contribution in [2.75, 3.05) is 13.2 Å². The van der Waals surface area contributed by atoms with E-state index in [1.807, 2.05) is 0 Å². The number of ether oxygens (including phenoxy) is 1. The Labute approximate surface area is 80.6 Å². The summed E-state index contributed by atoms with van der Waals surface area (Å²) in [5.41, 5.74) is 5.16. The van der Waals surface area contributed by atoms with Crippen molar-refractivity contribution >= 4 is 0 Å². The molecule has 0 saturated carbocycles. The van der Waals surface area contributed by atoms with Crippen LogP contribution in [0.5, 0.6) is 0 Å². The molecule has 0 amide bonds. The molecule has 0 rings (SSSR count). The molecule has 0 aromatic rings. The molecule has 0 aliphatic rings. The van der Waals surface area contributed by atoms with Gasteiger partial charge in [0, 0.05) is 6.54 Å². The lowest BCUT2D eigenvalue weighted by molar-refractivity contribution is -0.0880. The molecular formula is C10H22FNO. The van der Waals surface area contributed by atoms with Gasteiger partial charge in [-0.3, -0.25) is 0 Å². The van der Waals surface area contributed by atoms with E-state index in [2.05, 4.69) is 34.6 Å². The number of nitrogens with two attached hydrogens (primary N) is 1. The fraction of sp³-hybridized carbons (Fsp3) is 1.00. The summed E-state index contributed by atoms with van der Waals surface area (Å²) < 4.78 is 17.7. The normalized spacial score (nSPS) is 15.9. The van der Waals surface area contributed by atoms with Gasteiger partial charge >= 0.3 is 0 Å². The summed E-state index contributed by atoms with van der Waals surface area (Å²) in [6.07, 6.45) is -1.33. The van der Waals surface area contributed by atoms with Crippen LogP contribution in [0.3, 0.4) is 0 Å². The van der Waals surface area contributed by atoms with Gasteiger partial charge < -0.3 is 10.5 Å². The number of hydrogen-bond acceptors (Lipinski definition) is 2. The van der Waals surface area contributed by atoms with E-state index in [0.29, 0.717) is 6.61 Å². The Bertz CT molecular complexity index is 151. The van der Waals surface area contributed by atoms with Crippen LogP contribution in [0.2, 0.25) is 0 Å². The molecule has 0 heterocycles. The van der Waals surface area contributed by atoms with Crippen LogP contribution in [-0.4, -0.2) is 19.5 Å². The third kappa shape index (κ3) is 4.05. The predicted octanol–water partition coefficient (Wildman–Crippen LogP) is 2.33. The van der Waals surface area contributed by atoms with Gasteiger partial charge in [0.25, 0.3) is 0 Å². The van der Waals surface area contributed by atoms with Crippen molar-refractivity contribution in [3.63, 3.8) is 0 Å². The number of alkyl halides is 1. The standard InChI is InChI=1S/C10H22FNO/c1-9(2,3)10(4,5)7-13-8(11)6-12/h8H,6-7,12H2,1-5H3.